The van der Waals surface area contributed by atoms with E-state index in [0.29, 0.717) is 0 Å². The fourth-order valence-corrected chi connectivity index (χ4v) is 3.24. The third-order valence-electron chi connectivity index (χ3n) is 3.07. The zero-order valence-electron chi connectivity index (χ0n) is 9.48. The molecule has 0 radical (unpaired) electrons. The number of benzene rings is 1. The SMILES string of the molecule is CN1CNC(c2cccs2)c2cc(Cl)ccc21. The van der Waals surface area contributed by atoms with Gasteiger partial charge in [0.05, 0.1) is 12.7 Å². The van der Waals surface area contributed by atoms with Crippen LogP contribution in [0.2, 0.25) is 5.02 Å². The molecule has 0 fully saturated rings. The van der Waals surface area contributed by atoms with Crippen LogP contribution < -0.4 is 10.2 Å². The van der Waals surface area contributed by atoms with Gasteiger partial charge in [0.2, 0.25) is 0 Å². The van der Waals surface area contributed by atoms with Crippen LogP contribution in [0.25, 0.3) is 0 Å². The molecule has 17 heavy (non-hydrogen) atoms. The normalized spacial score (nSPS) is 19.2. The summed E-state index contributed by atoms with van der Waals surface area (Å²) in [4.78, 5) is 3.54. The Hall–Kier alpha value is -1.03. The highest BCUT2D eigenvalue weighted by atomic mass is 35.5. The first-order valence-corrected chi connectivity index (χ1v) is 6.79. The number of hydrogen-bond acceptors (Lipinski definition) is 3. The number of nitrogens with zero attached hydrogens (tertiary/aromatic N) is 1. The average Bonchev–Trinajstić information content (AvgIpc) is 2.83. The van der Waals surface area contributed by atoms with Crippen molar-refractivity contribution in [2.75, 3.05) is 18.6 Å². The zero-order valence-corrected chi connectivity index (χ0v) is 11.1. The smallest absolute Gasteiger partial charge is 0.0705 e. The minimum atomic E-state index is 0.264. The Morgan fingerprint density at radius 1 is 1.41 bits per heavy atom. The van der Waals surface area contributed by atoms with E-state index in [-0.39, 0.29) is 6.04 Å². The average molecular weight is 265 g/mol. The Balaban J connectivity index is 2.11. The van der Waals surface area contributed by atoms with Crippen LogP contribution >= 0.6 is 22.9 Å². The molecule has 2 heterocycles. The van der Waals surface area contributed by atoms with E-state index in [9.17, 15) is 0 Å². The van der Waals surface area contributed by atoms with Crippen molar-refractivity contribution in [2.24, 2.45) is 0 Å². The molecule has 1 atom stereocenters. The van der Waals surface area contributed by atoms with E-state index in [1.807, 2.05) is 6.07 Å². The van der Waals surface area contributed by atoms with Crippen LogP contribution in [0.1, 0.15) is 16.5 Å². The standard InChI is InChI=1S/C13H13ClN2S/c1-16-8-15-13(12-3-2-6-17-12)10-7-9(14)4-5-11(10)16/h2-7,13,15H,8H2,1H3. The fourth-order valence-electron chi connectivity index (χ4n) is 2.24. The van der Waals surface area contributed by atoms with Gasteiger partial charge in [0.15, 0.2) is 0 Å². The predicted molar refractivity (Wildman–Crippen MR) is 74.0 cm³/mol. The number of hydrogen-bond donors (Lipinski definition) is 1. The van der Waals surface area contributed by atoms with Crippen molar-refractivity contribution in [3.05, 3.63) is 51.2 Å². The molecular formula is C13H13ClN2S. The lowest BCUT2D eigenvalue weighted by Crippen LogP contribution is -2.39. The summed E-state index contributed by atoms with van der Waals surface area (Å²) in [6.07, 6.45) is 0. The van der Waals surface area contributed by atoms with Crippen molar-refractivity contribution in [2.45, 2.75) is 6.04 Å². The summed E-state index contributed by atoms with van der Waals surface area (Å²) in [7, 11) is 2.09. The predicted octanol–water partition coefficient (Wildman–Crippen LogP) is 3.49. The van der Waals surface area contributed by atoms with E-state index in [4.69, 9.17) is 11.6 Å². The first kappa shape index (κ1) is 11.1. The molecule has 0 aliphatic carbocycles. The molecule has 4 heteroatoms. The number of rotatable bonds is 1. The van der Waals surface area contributed by atoms with Crippen LogP contribution in [0.5, 0.6) is 0 Å². The molecule has 88 valence electrons. The van der Waals surface area contributed by atoms with E-state index in [2.05, 4.69) is 46.9 Å². The number of thiophene rings is 1. The van der Waals surface area contributed by atoms with Crippen molar-refractivity contribution in [3.63, 3.8) is 0 Å². The quantitative estimate of drug-likeness (QED) is 0.848. The van der Waals surface area contributed by atoms with E-state index in [1.165, 1.54) is 16.1 Å². The molecule has 2 nitrogen and oxygen atoms in total. The Bertz CT molecular complexity index is 524. The maximum Gasteiger partial charge on any atom is 0.0705 e. The Kier molecular flexibility index (Phi) is 2.82. The van der Waals surface area contributed by atoms with Gasteiger partial charge in [-0.15, -0.1) is 11.3 Å². The number of anilines is 1. The van der Waals surface area contributed by atoms with Gasteiger partial charge in [-0.1, -0.05) is 17.7 Å². The highest BCUT2D eigenvalue weighted by Crippen LogP contribution is 2.36. The maximum absolute atomic E-state index is 6.11. The molecule has 0 saturated carbocycles. The monoisotopic (exact) mass is 264 g/mol. The molecule has 1 aliphatic rings. The maximum atomic E-state index is 6.11. The zero-order chi connectivity index (χ0) is 11.8. The van der Waals surface area contributed by atoms with Crippen molar-refractivity contribution in [1.82, 2.24) is 5.32 Å². The summed E-state index contributed by atoms with van der Waals surface area (Å²) < 4.78 is 0. The Morgan fingerprint density at radius 2 is 2.29 bits per heavy atom. The highest BCUT2D eigenvalue weighted by molar-refractivity contribution is 7.10. The van der Waals surface area contributed by atoms with Gasteiger partial charge < -0.3 is 4.90 Å². The number of nitrogens with one attached hydrogen (secondary N) is 1. The molecule has 2 aromatic rings. The van der Waals surface area contributed by atoms with Crippen molar-refractivity contribution in [3.8, 4) is 0 Å². The van der Waals surface area contributed by atoms with Crippen LogP contribution in [0.3, 0.4) is 0 Å². The summed E-state index contributed by atoms with van der Waals surface area (Å²) >= 11 is 7.88. The lowest BCUT2D eigenvalue weighted by molar-refractivity contribution is 0.579. The summed E-state index contributed by atoms with van der Waals surface area (Å²) in [6.45, 7) is 0.858. The van der Waals surface area contributed by atoms with Crippen molar-refractivity contribution in [1.29, 1.82) is 0 Å². The summed E-state index contributed by atoms with van der Waals surface area (Å²) in [5, 5.41) is 6.44. The van der Waals surface area contributed by atoms with Gasteiger partial charge in [-0.05, 0) is 35.2 Å². The van der Waals surface area contributed by atoms with E-state index < -0.39 is 0 Å². The van der Waals surface area contributed by atoms with Gasteiger partial charge in [-0.25, -0.2) is 0 Å². The Labute approximate surface area is 110 Å². The summed E-state index contributed by atoms with van der Waals surface area (Å²) in [5.41, 5.74) is 2.51. The fraction of sp³-hybridized carbons (Fsp3) is 0.231. The molecule has 0 amide bonds. The molecule has 0 saturated heterocycles. The lowest BCUT2D eigenvalue weighted by Gasteiger charge is -2.34. The molecule has 3 rings (SSSR count). The van der Waals surface area contributed by atoms with Gasteiger partial charge in [0.25, 0.3) is 0 Å². The number of halogens is 1. The largest absolute Gasteiger partial charge is 0.362 e. The second-order valence-electron chi connectivity index (χ2n) is 4.21. The van der Waals surface area contributed by atoms with Crippen LogP contribution in [0, 0.1) is 0 Å². The van der Waals surface area contributed by atoms with Crippen LogP contribution in [0.15, 0.2) is 35.7 Å². The molecule has 0 bridgehead atoms. The minimum Gasteiger partial charge on any atom is -0.362 e. The van der Waals surface area contributed by atoms with E-state index >= 15 is 0 Å². The van der Waals surface area contributed by atoms with Gasteiger partial charge in [0, 0.05) is 22.6 Å². The molecule has 1 unspecified atom stereocenters. The van der Waals surface area contributed by atoms with Crippen LogP contribution in [0.4, 0.5) is 5.69 Å². The Morgan fingerprint density at radius 3 is 3.06 bits per heavy atom. The van der Waals surface area contributed by atoms with Crippen molar-refractivity contribution < 1.29 is 0 Å². The van der Waals surface area contributed by atoms with Crippen LogP contribution in [-0.2, 0) is 0 Å². The van der Waals surface area contributed by atoms with Gasteiger partial charge in [-0.3, -0.25) is 5.32 Å². The van der Waals surface area contributed by atoms with Gasteiger partial charge in [0.1, 0.15) is 0 Å². The number of fused-ring (bicyclic) bond motifs is 1. The van der Waals surface area contributed by atoms with Gasteiger partial charge in [-0.2, -0.15) is 0 Å². The highest BCUT2D eigenvalue weighted by Gasteiger charge is 2.24. The van der Waals surface area contributed by atoms with Crippen LogP contribution in [-0.4, -0.2) is 13.7 Å². The second-order valence-corrected chi connectivity index (χ2v) is 5.63. The third-order valence-corrected chi connectivity index (χ3v) is 4.24. The van der Waals surface area contributed by atoms with Crippen molar-refractivity contribution >= 4 is 28.6 Å². The molecule has 1 aromatic carbocycles. The molecule has 0 spiro atoms. The molecule has 1 N–H and O–H groups in total. The van der Waals surface area contributed by atoms with Gasteiger partial charge >= 0.3 is 0 Å². The third kappa shape index (κ3) is 1.95. The lowest BCUT2D eigenvalue weighted by atomic mass is 10.0. The molecule has 1 aliphatic heterocycles. The van der Waals surface area contributed by atoms with E-state index in [1.54, 1.807) is 11.3 Å². The first-order valence-electron chi connectivity index (χ1n) is 5.53. The first-order chi connectivity index (χ1) is 8.25. The topological polar surface area (TPSA) is 15.3 Å². The summed E-state index contributed by atoms with van der Waals surface area (Å²) in [6, 6.07) is 10.6. The minimum absolute atomic E-state index is 0.264. The molecular weight excluding hydrogens is 252 g/mol. The second kappa shape index (κ2) is 4.33. The van der Waals surface area contributed by atoms with E-state index in [0.717, 1.165) is 11.7 Å². The molecule has 1 aromatic heterocycles. The summed E-state index contributed by atoms with van der Waals surface area (Å²) in [5.74, 6) is 0.